The summed E-state index contributed by atoms with van der Waals surface area (Å²) in [5.41, 5.74) is 0.703. The van der Waals surface area contributed by atoms with Crippen LogP contribution >= 0.6 is 12.4 Å². The third-order valence-corrected chi connectivity index (χ3v) is 4.35. The number of nitrogens with zero attached hydrogens (tertiary/aromatic N) is 2. The van der Waals surface area contributed by atoms with E-state index in [4.69, 9.17) is 4.52 Å². The van der Waals surface area contributed by atoms with Gasteiger partial charge >= 0.3 is 0 Å². The third-order valence-electron chi connectivity index (χ3n) is 4.35. The van der Waals surface area contributed by atoms with Crippen LogP contribution in [-0.4, -0.2) is 34.7 Å². The number of piperidine rings is 1. The zero-order chi connectivity index (χ0) is 17.6. The summed E-state index contributed by atoms with van der Waals surface area (Å²) in [6.45, 7) is 3.08. The van der Waals surface area contributed by atoms with Gasteiger partial charge in [0, 0.05) is 30.5 Å². The predicted octanol–water partition coefficient (Wildman–Crippen LogP) is 2.88. The molecular formula is C18H24ClFN4O2. The van der Waals surface area contributed by atoms with E-state index in [1.165, 1.54) is 12.1 Å². The van der Waals surface area contributed by atoms with E-state index < -0.39 is 0 Å². The molecule has 2 unspecified atom stereocenters. The summed E-state index contributed by atoms with van der Waals surface area (Å²) in [7, 11) is 0. The Balaban J connectivity index is 0.00000243. The second kappa shape index (κ2) is 9.64. The van der Waals surface area contributed by atoms with Crippen molar-refractivity contribution < 1.29 is 13.7 Å². The molecule has 1 amide bonds. The molecule has 1 aliphatic rings. The van der Waals surface area contributed by atoms with Gasteiger partial charge in [0.05, 0.1) is 0 Å². The number of aryl methyl sites for hydroxylation is 1. The summed E-state index contributed by atoms with van der Waals surface area (Å²) in [6, 6.07) is 6.64. The first kappa shape index (κ1) is 20.3. The van der Waals surface area contributed by atoms with E-state index in [1.54, 1.807) is 12.1 Å². The summed E-state index contributed by atoms with van der Waals surface area (Å²) in [4.78, 5) is 16.3. The highest BCUT2D eigenvalue weighted by Crippen LogP contribution is 2.17. The lowest BCUT2D eigenvalue weighted by atomic mass is 10.0. The van der Waals surface area contributed by atoms with E-state index >= 15 is 0 Å². The fourth-order valence-electron chi connectivity index (χ4n) is 3.04. The Hall–Kier alpha value is -1.99. The number of halogens is 2. The lowest BCUT2D eigenvalue weighted by Gasteiger charge is -2.28. The minimum absolute atomic E-state index is 0. The predicted molar refractivity (Wildman–Crippen MR) is 98.5 cm³/mol. The van der Waals surface area contributed by atoms with Crippen molar-refractivity contribution in [3.63, 3.8) is 0 Å². The quantitative estimate of drug-likeness (QED) is 0.803. The van der Waals surface area contributed by atoms with Crippen molar-refractivity contribution in [3.05, 3.63) is 36.0 Å². The van der Waals surface area contributed by atoms with Gasteiger partial charge in [0.25, 0.3) is 0 Å². The number of nitrogens with one attached hydrogen (secondary N) is 2. The molecule has 1 aromatic carbocycles. The Morgan fingerprint density at radius 3 is 2.88 bits per heavy atom. The van der Waals surface area contributed by atoms with Gasteiger partial charge in [0.2, 0.25) is 17.6 Å². The summed E-state index contributed by atoms with van der Waals surface area (Å²) in [6.07, 6.45) is 3.57. The summed E-state index contributed by atoms with van der Waals surface area (Å²) >= 11 is 0. The molecule has 3 rings (SSSR count). The first-order valence-corrected chi connectivity index (χ1v) is 8.71. The van der Waals surface area contributed by atoms with Crippen LogP contribution in [0.2, 0.25) is 0 Å². The van der Waals surface area contributed by atoms with Gasteiger partial charge in [0.1, 0.15) is 5.82 Å². The molecule has 2 aromatic rings. The SMILES string of the molecule is CC1CC(NC(=O)CCCc2nc(-c3ccc(F)cc3)no2)CCN1.Cl. The molecule has 8 heteroatoms. The number of hydrogen-bond acceptors (Lipinski definition) is 5. The van der Waals surface area contributed by atoms with Crippen LogP contribution in [0.25, 0.3) is 11.4 Å². The lowest BCUT2D eigenvalue weighted by Crippen LogP contribution is -2.46. The van der Waals surface area contributed by atoms with Gasteiger partial charge in [-0.05, 0) is 57.0 Å². The molecule has 2 atom stereocenters. The second-order valence-corrected chi connectivity index (χ2v) is 6.52. The first-order chi connectivity index (χ1) is 12.1. The minimum atomic E-state index is -0.304. The molecule has 2 N–H and O–H groups in total. The molecule has 1 fully saturated rings. The van der Waals surface area contributed by atoms with E-state index in [9.17, 15) is 9.18 Å². The third kappa shape index (κ3) is 5.78. The average Bonchev–Trinajstić information content (AvgIpc) is 3.04. The van der Waals surface area contributed by atoms with Crippen molar-refractivity contribution in [3.8, 4) is 11.4 Å². The number of carbonyl (C=O) groups excluding carboxylic acids is 1. The van der Waals surface area contributed by atoms with Crippen molar-refractivity contribution in [2.45, 2.75) is 51.1 Å². The maximum Gasteiger partial charge on any atom is 0.226 e. The largest absolute Gasteiger partial charge is 0.353 e. The van der Waals surface area contributed by atoms with E-state index in [0.717, 1.165) is 19.4 Å². The molecule has 26 heavy (non-hydrogen) atoms. The van der Waals surface area contributed by atoms with Crippen LogP contribution in [0.1, 0.15) is 38.5 Å². The Bertz CT molecular complexity index is 707. The van der Waals surface area contributed by atoms with Gasteiger partial charge in [0.15, 0.2) is 0 Å². The van der Waals surface area contributed by atoms with Gasteiger partial charge in [-0.15, -0.1) is 12.4 Å². The van der Waals surface area contributed by atoms with Gasteiger partial charge < -0.3 is 15.2 Å². The molecule has 0 bridgehead atoms. The van der Waals surface area contributed by atoms with Crippen LogP contribution in [0.15, 0.2) is 28.8 Å². The van der Waals surface area contributed by atoms with Crippen LogP contribution in [-0.2, 0) is 11.2 Å². The smallest absolute Gasteiger partial charge is 0.226 e. The number of aromatic nitrogens is 2. The van der Waals surface area contributed by atoms with Gasteiger partial charge in [-0.2, -0.15) is 4.98 Å². The van der Waals surface area contributed by atoms with Crippen LogP contribution in [0.3, 0.4) is 0 Å². The van der Waals surface area contributed by atoms with Gasteiger partial charge in [-0.1, -0.05) is 5.16 Å². The standard InChI is InChI=1S/C18H23FN4O2.ClH/c1-12-11-15(9-10-20-12)21-16(24)3-2-4-17-22-18(23-25-17)13-5-7-14(19)8-6-13;/h5-8,12,15,20H,2-4,9-11H2,1H3,(H,21,24);1H. The van der Waals surface area contributed by atoms with Crippen molar-refractivity contribution in [2.24, 2.45) is 0 Å². The van der Waals surface area contributed by atoms with Gasteiger partial charge in [-0.3, -0.25) is 4.79 Å². The highest BCUT2D eigenvalue weighted by molar-refractivity contribution is 5.85. The number of rotatable bonds is 6. The Kier molecular flexibility index (Phi) is 7.53. The molecule has 1 saturated heterocycles. The maximum absolute atomic E-state index is 12.9. The van der Waals surface area contributed by atoms with Crippen LogP contribution < -0.4 is 10.6 Å². The Morgan fingerprint density at radius 2 is 2.15 bits per heavy atom. The number of hydrogen-bond donors (Lipinski definition) is 2. The molecule has 0 radical (unpaired) electrons. The second-order valence-electron chi connectivity index (χ2n) is 6.52. The van der Waals surface area contributed by atoms with Crippen molar-refractivity contribution in [1.82, 2.24) is 20.8 Å². The zero-order valence-electron chi connectivity index (χ0n) is 14.7. The van der Waals surface area contributed by atoms with Crippen molar-refractivity contribution in [2.75, 3.05) is 6.54 Å². The van der Waals surface area contributed by atoms with E-state index in [-0.39, 0.29) is 30.2 Å². The van der Waals surface area contributed by atoms with Crippen LogP contribution in [0.4, 0.5) is 4.39 Å². The fourth-order valence-corrected chi connectivity index (χ4v) is 3.04. The average molecular weight is 383 g/mol. The highest BCUT2D eigenvalue weighted by Gasteiger charge is 2.19. The molecule has 0 aliphatic carbocycles. The van der Waals surface area contributed by atoms with Crippen molar-refractivity contribution >= 4 is 18.3 Å². The molecule has 0 spiro atoms. The first-order valence-electron chi connectivity index (χ1n) is 8.71. The van der Waals surface area contributed by atoms with E-state index in [0.29, 0.717) is 42.6 Å². The number of carbonyl (C=O) groups is 1. The molecular weight excluding hydrogens is 359 g/mol. The summed E-state index contributed by atoms with van der Waals surface area (Å²) < 4.78 is 18.1. The van der Waals surface area contributed by atoms with Crippen LogP contribution in [0, 0.1) is 5.82 Å². The molecule has 0 saturated carbocycles. The van der Waals surface area contributed by atoms with Crippen molar-refractivity contribution in [1.29, 1.82) is 0 Å². The lowest BCUT2D eigenvalue weighted by molar-refractivity contribution is -0.122. The van der Waals surface area contributed by atoms with Gasteiger partial charge in [-0.25, -0.2) is 4.39 Å². The Labute approximate surface area is 158 Å². The summed E-state index contributed by atoms with van der Waals surface area (Å²) in [5.74, 6) is 0.685. The minimum Gasteiger partial charge on any atom is -0.353 e. The van der Waals surface area contributed by atoms with E-state index in [2.05, 4.69) is 27.7 Å². The van der Waals surface area contributed by atoms with Crippen LogP contribution in [0.5, 0.6) is 0 Å². The molecule has 6 nitrogen and oxygen atoms in total. The molecule has 142 valence electrons. The fraction of sp³-hybridized carbons (Fsp3) is 0.500. The zero-order valence-corrected chi connectivity index (χ0v) is 15.5. The summed E-state index contributed by atoms with van der Waals surface area (Å²) in [5, 5.41) is 10.4. The monoisotopic (exact) mass is 382 g/mol. The highest BCUT2D eigenvalue weighted by atomic mass is 35.5. The molecule has 1 aromatic heterocycles. The normalized spacial score (nSPS) is 19.6. The Morgan fingerprint density at radius 1 is 1.38 bits per heavy atom. The number of benzene rings is 1. The number of amides is 1. The topological polar surface area (TPSA) is 80.1 Å². The molecule has 1 aliphatic heterocycles. The maximum atomic E-state index is 12.9. The molecule has 2 heterocycles. The van der Waals surface area contributed by atoms with E-state index in [1.807, 2.05) is 0 Å².